The number of methoxy groups -OCH3 is 1. The standard InChI is InChI=1S/C5H13BO4/c1-5(7-2)10-6(8-3)9-4/h5H,1-4H3. The summed E-state index contributed by atoms with van der Waals surface area (Å²) in [5.74, 6) is 0. The lowest BCUT2D eigenvalue weighted by Gasteiger charge is -2.13. The Balaban J connectivity index is 3.41. The van der Waals surface area contributed by atoms with E-state index in [-0.39, 0.29) is 6.29 Å². The van der Waals surface area contributed by atoms with Crippen LogP contribution in [0.5, 0.6) is 0 Å². The first-order valence-corrected chi connectivity index (χ1v) is 2.98. The fourth-order valence-electron chi connectivity index (χ4n) is 0.419. The fourth-order valence-corrected chi connectivity index (χ4v) is 0.419. The van der Waals surface area contributed by atoms with Gasteiger partial charge < -0.3 is 18.7 Å². The number of hydrogen-bond donors (Lipinski definition) is 0. The first-order chi connectivity index (χ1) is 4.74. The minimum absolute atomic E-state index is 0.315. The molecule has 0 bridgehead atoms. The quantitative estimate of drug-likeness (QED) is 0.414. The van der Waals surface area contributed by atoms with E-state index >= 15 is 0 Å². The van der Waals surface area contributed by atoms with Crippen LogP contribution in [0.15, 0.2) is 0 Å². The first kappa shape index (κ1) is 9.90. The molecule has 0 aromatic carbocycles. The molecule has 4 nitrogen and oxygen atoms in total. The molecule has 0 spiro atoms. The summed E-state index contributed by atoms with van der Waals surface area (Å²) in [6, 6.07) is 0. The molecule has 5 heteroatoms. The highest BCUT2D eigenvalue weighted by atomic mass is 16.8. The molecule has 1 unspecified atom stereocenters. The topological polar surface area (TPSA) is 36.9 Å². The molecule has 0 aromatic rings. The lowest BCUT2D eigenvalue weighted by Crippen LogP contribution is -2.29. The van der Waals surface area contributed by atoms with Gasteiger partial charge in [-0.3, -0.25) is 0 Å². The zero-order valence-electron chi connectivity index (χ0n) is 6.79. The predicted molar refractivity (Wildman–Crippen MR) is 37.3 cm³/mol. The molecule has 1 atom stereocenters. The van der Waals surface area contributed by atoms with Gasteiger partial charge >= 0.3 is 7.32 Å². The molecule has 60 valence electrons. The maximum absolute atomic E-state index is 5.03. The molecule has 0 amide bonds. The third-order valence-corrected chi connectivity index (χ3v) is 1.02. The highest BCUT2D eigenvalue weighted by molar-refractivity contribution is 6.36. The van der Waals surface area contributed by atoms with Crippen LogP contribution in [0.1, 0.15) is 6.92 Å². The van der Waals surface area contributed by atoms with Crippen molar-refractivity contribution < 1.29 is 18.7 Å². The lowest BCUT2D eigenvalue weighted by atomic mass is 10.2. The Morgan fingerprint density at radius 2 is 1.60 bits per heavy atom. The minimum atomic E-state index is -0.644. The van der Waals surface area contributed by atoms with Gasteiger partial charge in [0.1, 0.15) is 6.29 Å². The van der Waals surface area contributed by atoms with Crippen molar-refractivity contribution in [2.45, 2.75) is 13.2 Å². The second-order valence-electron chi connectivity index (χ2n) is 1.70. The molecular weight excluding hydrogens is 135 g/mol. The molecule has 0 aromatic heterocycles. The molecule has 0 N–H and O–H groups in total. The van der Waals surface area contributed by atoms with E-state index in [1.807, 2.05) is 0 Å². The Labute approximate surface area is 61.6 Å². The number of ether oxygens (including phenoxy) is 1. The van der Waals surface area contributed by atoms with Gasteiger partial charge in [-0.1, -0.05) is 0 Å². The van der Waals surface area contributed by atoms with E-state index in [4.69, 9.17) is 18.7 Å². The molecule has 0 saturated carbocycles. The third-order valence-electron chi connectivity index (χ3n) is 1.02. The van der Waals surface area contributed by atoms with Crippen LogP contribution in [-0.2, 0) is 18.7 Å². The molecule has 0 radical (unpaired) electrons. The van der Waals surface area contributed by atoms with Crippen LogP contribution < -0.4 is 0 Å². The van der Waals surface area contributed by atoms with E-state index in [0.717, 1.165) is 0 Å². The van der Waals surface area contributed by atoms with Crippen molar-refractivity contribution in [3.63, 3.8) is 0 Å². The Kier molecular flexibility index (Phi) is 5.62. The van der Waals surface area contributed by atoms with Crippen LogP contribution in [0, 0.1) is 0 Å². The lowest BCUT2D eigenvalue weighted by molar-refractivity contribution is -0.0702. The van der Waals surface area contributed by atoms with Gasteiger partial charge in [0.05, 0.1) is 0 Å². The van der Waals surface area contributed by atoms with E-state index in [0.29, 0.717) is 0 Å². The van der Waals surface area contributed by atoms with Crippen LogP contribution in [-0.4, -0.2) is 34.9 Å². The van der Waals surface area contributed by atoms with E-state index < -0.39 is 7.32 Å². The van der Waals surface area contributed by atoms with Crippen LogP contribution >= 0.6 is 0 Å². The van der Waals surface area contributed by atoms with Gasteiger partial charge in [0, 0.05) is 21.3 Å². The van der Waals surface area contributed by atoms with E-state index in [1.54, 1.807) is 14.0 Å². The summed E-state index contributed by atoms with van der Waals surface area (Å²) in [7, 11) is 3.90. The van der Waals surface area contributed by atoms with Crippen molar-refractivity contribution in [3.8, 4) is 0 Å². The highest BCUT2D eigenvalue weighted by Crippen LogP contribution is 1.95. The number of rotatable bonds is 5. The Hall–Kier alpha value is -0.0951. The van der Waals surface area contributed by atoms with Crippen molar-refractivity contribution >= 4 is 7.32 Å². The van der Waals surface area contributed by atoms with Crippen LogP contribution in [0.2, 0.25) is 0 Å². The van der Waals surface area contributed by atoms with Crippen LogP contribution in [0.3, 0.4) is 0 Å². The SMILES string of the molecule is COB(OC)OC(C)OC. The Bertz CT molecular complexity index is 76.0. The van der Waals surface area contributed by atoms with Crippen molar-refractivity contribution in [2.24, 2.45) is 0 Å². The molecule has 0 fully saturated rings. The van der Waals surface area contributed by atoms with Gasteiger partial charge in [0.25, 0.3) is 0 Å². The van der Waals surface area contributed by atoms with Crippen molar-refractivity contribution in [3.05, 3.63) is 0 Å². The Morgan fingerprint density at radius 3 is 1.90 bits per heavy atom. The van der Waals surface area contributed by atoms with Gasteiger partial charge in [-0.25, -0.2) is 0 Å². The molecule has 0 aliphatic carbocycles. The number of hydrogen-bond acceptors (Lipinski definition) is 4. The highest BCUT2D eigenvalue weighted by Gasteiger charge is 2.19. The van der Waals surface area contributed by atoms with Gasteiger partial charge in [0.15, 0.2) is 0 Å². The molecule has 0 saturated heterocycles. The van der Waals surface area contributed by atoms with E-state index in [2.05, 4.69) is 0 Å². The largest absolute Gasteiger partial charge is 0.640 e. The summed E-state index contributed by atoms with van der Waals surface area (Å²) in [4.78, 5) is 0. The van der Waals surface area contributed by atoms with Gasteiger partial charge in [-0.2, -0.15) is 0 Å². The summed E-state index contributed by atoms with van der Waals surface area (Å²) in [6.45, 7) is 1.76. The predicted octanol–water partition coefficient (Wildman–Crippen LogP) is 0.273. The van der Waals surface area contributed by atoms with Crippen molar-refractivity contribution in [2.75, 3.05) is 21.3 Å². The van der Waals surface area contributed by atoms with Gasteiger partial charge in [-0.15, -0.1) is 0 Å². The van der Waals surface area contributed by atoms with Crippen molar-refractivity contribution in [1.82, 2.24) is 0 Å². The average Bonchev–Trinajstić information content (AvgIpc) is 1.99. The molecule has 0 heterocycles. The minimum Gasteiger partial charge on any atom is -0.389 e. The monoisotopic (exact) mass is 148 g/mol. The van der Waals surface area contributed by atoms with Gasteiger partial charge in [0.2, 0.25) is 0 Å². The Morgan fingerprint density at radius 1 is 1.10 bits per heavy atom. The molecule has 10 heavy (non-hydrogen) atoms. The first-order valence-electron chi connectivity index (χ1n) is 2.98. The zero-order valence-corrected chi connectivity index (χ0v) is 6.79. The summed E-state index contributed by atoms with van der Waals surface area (Å²) in [5.41, 5.74) is 0. The summed E-state index contributed by atoms with van der Waals surface area (Å²) >= 11 is 0. The molecule has 0 aliphatic rings. The smallest absolute Gasteiger partial charge is 0.389 e. The van der Waals surface area contributed by atoms with E-state index in [9.17, 15) is 0 Å². The molecule has 0 rings (SSSR count). The molecular formula is C5H13BO4. The van der Waals surface area contributed by atoms with Crippen LogP contribution in [0.25, 0.3) is 0 Å². The summed E-state index contributed by atoms with van der Waals surface area (Å²) < 4.78 is 19.3. The van der Waals surface area contributed by atoms with Gasteiger partial charge in [-0.05, 0) is 6.92 Å². The van der Waals surface area contributed by atoms with Crippen LogP contribution in [0.4, 0.5) is 0 Å². The fraction of sp³-hybridized carbons (Fsp3) is 1.00. The second-order valence-corrected chi connectivity index (χ2v) is 1.70. The maximum atomic E-state index is 5.03. The maximum Gasteiger partial charge on any atom is 0.640 e. The van der Waals surface area contributed by atoms with Crippen molar-refractivity contribution in [1.29, 1.82) is 0 Å². The van der Waals surface area contributed by atoms with E-state index in [1.165, 1.54) is 14.2 Å². The summed E-state index contributed by atoms with van der Waals surface area (Å²) in [5, 5.41) is 0. The second kappa shape index (κ2) is 5.67. The normalized spacial score (nSPS) is 13.2. The zero-order chi connectivity index (χ0) is 7.98. The molecule has 0 aliphatic heterocycles. The third kappa shape index (κ3) is 3.84. The summed E-state index contributed by atoms with van der Waals surface area (Å²) in [6.07, 6.45) is -0.315. The average molecular weight is 148 g/mol.